The number of carbonyl (C=O) groups is 2. The third-order valence-electron chi connectivity index (χ3n) is 4.89. The van der Waals surface area contributed by atoms with Gasteiger partial charge in [0.25, 0.3) is 5.91 Å². The minimum atomic E-state index is -0.357. The molecule has 1 aliphatic heterocycles. The zero-order valence-corrected chi connectivity index (χ0v) is 18.6. The molecule has 0 aromatic heterocycles. The van der Waals surface area contributed by atoms with Crippen LogP contribution in [0.1, 0.15) is 16.7 Å². The molecule has 1 N–H and O–H groups in total. The summed E-state index contributed by atoms with van der Waals surface area (Å²) in [5.41, 5.74) is 3.56. The number of nitrogens with zero attached hydrogens (tertiary/aromatic N) is 1. The maximum Gasteiger partial charge on any atom is 0.294 e. The molecule has 0 saturated heterocycles. The number of ether oxygens (including phenoxy) is 1. The lowest BCUT2D eigenvalue weighted by molar-refractivity contribution is -0.123. The summed E-state index contributed by atoms with van der Waals surface area (Å²) in [6, 6.07) is 22.7. The van der Waals surface area contributed by atoms with Crippen molar-refractivity contribution in [3.8, 4) is 5.75 Å². The van der Waals surface area contributed by atoms with Gasteiger partial charge in [0.1, 0.15) is 6.54 Å². The van der Waals surface area contributed by atoms with Crippen molar-refractivity contribution < 1.29 is 14.3 Å². The quantitative estimate of drug-likeness (QED) is 0.535. The molecule has 0 saturated carbocycles. The van der Waals surface area contributed by atoms with Gasteiger partial charge in [0.15, 0.2) is 11.5 Å². The summed E-state index contributed by atoms with van der Waals surface area (Å²) in [5.74, 6) is 0.106. The van der Waals surface area contributed by atoms with Crippen LogP contribution in [0.2, 0.25) is 0 Å². The van der Waals surface area contributed by atoms with Crippen LogP contribution < -0.4 is 15.0 Å². The van der Waals surface area contributed by atoms with Gasteiger partial charge in [-0.05, 0) is 48.4 Å². The Morgan fingerprint density at radius 1 is 1.06 bits per heavy atom. The highest BCUT2D eigenvalue weighted by Gasteiger charge is 2.31. The molecule has 0 aliphatic carbocycles. The van der Waals surface area contributed by atoms with Gasteiger partial charge >= 0.3 is 0 Å². The number of hydrogen-bond donors (Lipinski definition) is 1. The van der Waals surface area contributed by atoms with Gasteiger partial charge in [0.2, 0.25) is 5.91 Å². The fraction of sp³-hybridized carbons (Fsp3) is 0.120. The molecule has 0 spiro atoms. The van der Waals surface area contributed by atoms with Gasteiger partial charge in [0.05, 0.1) is 5.69 Å². The molecule has 0 fully saturated rings. The van der Waals surface area contributed by atoms with Crippen molar-refractivity contribution in [3.63, 3.8) is 0 Å². The zero-order chi connectivity index (χ0) is 21.8. The molecule has 31 heavy (non-hydrogen) atoms. The topological polar surface area (TPSA) is 58.6 Å². The highest BCUT2D eigenvalue weighted by molar-refractivity contribution is 9.10. The molecule has 0 radical (unpaired) electrons. The average Bonchev–Trinajstić information content (AvgIpc) is 2.76. The molecule has 5 nitrogen and oxygen atoms in total. The lowest BCUT2D eigenvalue weighted by Gasteiger charge is -2.30. The molecule has 2 amide bonds. The van der Waals surface area contributed by atoms with Crippen LogP contribution in [-0.4, -0.2) is 18.4 Å². The first-order chi connectivity index (χ1) is 15.0. The standard InChI is InChI=1S/C25H21BrN2O3/c1-17-9-11-18(12-10-17)15-27-24(29)16-28-21-7-2-3-8-22(21)31-23(25(28)30)14-19-5-4-6-20(26)13-19/h2-14H,15-16H2,1H3,(H,27,29). The van der Waals surface area contributed by atoms with Crippen molar-refractivity contribution in [2.24, 2.45) is 0 Å². The van der Waals surface area contributed by atoms with Gasteiger partial charge in [-0.2, -0.15) is 0 Å². The van der Waals surface area contributed by atoms with Crippen LogP contribution >= 0.6 is 15.9 Å². The Labute approximate surface area is 189 Å². The molecule has 1 aliphatic rings. The zero-order valence-electron chi connectivity index (χ0n) is 17.0. The Hall–Kier alpha value is -3.38. The van der Waals surface area contributed by atoms with E-state index in [1.165, 1.54) is 4.90 Å². The van der Waals surface area contributed by atoms with Crippen molar-refractivity contribution >= 4 is 39.5 Å². The Kier molecular flexibility index (Phi) is 6.18. The van der Waals surface area contributed by atoms with Crippen LogP contribution in [0.4, 0.5) is 5.69 Å². The largest absolute Gasteiger partial charge is 0.449 e. The summed E-state index contributed by atoms with van der Waals surface area (Å²) in [4.78, 5) is 27.3. The second-order valence-corrected chi connectivity index (χ2v) is 8.20. The normalized spacial score (nSPS) is 14.2. The second kappa shape index (κ2) is 9.18. The predicted octanol–water partition coefficient (Wildman–Crippen LogP) is 4.84. The number of carbonyl (C=O) groups excluding carboxylic acids is 2. The molecule has 3 aromatic carbocycles. The maximum atomic E-state index is 13.2. The smallest absolute Gasteiger partial charge is 0.294 e. The Morgan fingerprint density at radius 3 is 2.61 bits per heavy atom. The van der Waals surface area contributed by atoms with E-state index in [9.17, 15) is 9.59 Å². The van der Waals surface area contributed by atoms with Gasteiger partial charge < -0.3 is 10.1 Å². The van der Waals surface area contributed by atoms with E-state index in [0.717, 1.165) is 21.2 Å². The SMILES string of the molecule is Cc1ccc(CNC(=O)CN2C(=O)C(=Cc3cccc(Br)c3)Oc3ccccc32)cc1. The maximum absolute atomic E-state index is 13.2. The van der Waals surface area contributed by atoms with E-state index < -0.39 is 0 Å². The van der Waals surface area contributed by atoms with Crippen LogP contribution in [0.5, 0.6) is 5.75 Å². The van der Waals surface area contributed by atoms with Crippen molar-refractivity contribution in [1.29, 1.82) is 0 Å². The minimum absolute atomic E-state index is 0.0963. The van der Waals surface area contributed by atoms with E-state index >= 15 is 0 Å². The van der Waals surface area contributed by atoms with Gasteiger partial charge in [-0.15, -0.1) is 0 Å². The fourth-order valence-electron chi connectivity index (χ4n) is 3.27. The van der Waals surface area contributed by atoms with Crippen LogP contribution in [0.25, 0.3) is 6.08 Å². The molecule has 0 bridgehead atoms. The highest BCUT2D eigenvalue weighted by atomic mass is 79.9. The minimum Gasteiger partial charge on any atom is -0.449 e. The molecule has 1 heterocycles. The monoisotopic (exact) mass is 476 g/mol. The number of para-hydroxylation sites is 2. The van der Waals surface area contributed by atoms with Gasteiger partial charge in [-0.3, -0.25) is 14.5 Å². The average molecular weight is 477 g/mol. The van der Waals surface area contributed by atoms with Crippen molar-refractivity contribution in [2.75, 3.05) is 11.4 Å². The molecular weight excluding hydrogens is 456 g/mol. The number of rotatable bonds is 5. The molecule has 0 atom stereocenters. The number of hydrogen-bond acceptors (Lipinski definition) is 3. The number of halogens is 1. The summed E-state index contributed by atoms with van der Waals surface area (Å²) in [7, 11) is 0. The molecular formula is C25H21BrN2O3. The summed E-state index contributed by atoms with van der Waals surface area (Å²) in [6.45, 7) is 2.32. The van der Waals surface area contributed by atoms with E-state index in [2.05, 4.69) is 21.2 Å². The van der Waals surface area contributed by atoms with E-state index in [0.29, 0.717) is 18.0 Å². The highest BCUT2D eigenvalue weighted by Crippen LogP contribution is 2.35. The third-order valence-corrected chi connectivity index (χ3v) is 5.38. The number of anilines is 1. The number of nitrogens with one attached hydrogen (secondary N) is 1. The van der Waals surface area contributed by atoms with E-state index in [-0.39, 0.29) is 24.1 Å². The predicted molar refractivity (Wildman–Crippen MR) is 125 cm³/mol. The third kappa shape index (κ3) is 5.03. The van der Waals surface area contributed by atoms with Crippen molar-refractivity contribution in [1.82, 2.24) is 5.32 Å². The summed E-state index contributed by atoms with van der Waals surface area (Å²) in [6.07, 6.45) is 1.68. The summed E-state index contributed by atoms with van der Waals surface area (Å²) in [5, 5.41) is 2.89. The molecule has 4 rings (SSSR count). The Morgan fingerprint density at radius 2 is 1.84 bits per heavy atom. The van der Waals surface area contributed by atoms with Crippen LogP contribution in [0.3, 0.4) is 0 Å². The van der Waals surface area contributed by atoms with Crippen molar-refractivity contribution in [2.45, 2.75) is 13.5 Å². The number of amides is 2. The lowest BCUT2D eigenvalue weighted by Crippen LogP contribution is -2.44. The Bertz CT molecular complexity index is 1160. The summed E-state index contributed by atoms with van der Waals surface area (Å²) < 4.78 is 6.76. The first-order valence-electron chi connectivity index (χ1n) is 9.88. The van der Waals surface area contributed by atoms with Crippen LogP contribution in [0.15, 0.2) is 83.0 Å². The molecule has 3 aromatic rings. The van der Waals surface area contributed by atoms with Gasteiger partial charge in [-0.1, -0.05) is 70.0 Å². The lowest BCUT2D eigenvalue weighted by atomic mass is 10.1. The number of aryl methyl sites for hydroxylation is 1. The van der Waals surface area contributed by atoms with Gasteiger partial charge in [-0.25, -0.2) is 0 Å². The van der Waals surface area contributed by atoms with Gasteiger partial charge in [0, 0.05) is 11.0 Å². The van der Waals surface area contributed by atoms with E-state index in [1.54, 1.807) is 18.2 Å². The molecule has 156 valence electrons. The fourth-order valence-corrected chi connectivity index (χ4v) is 3.69. The summed E-state index contributed by atoms with van der Waals surface area (Å²) >= 11 is 3.43. The van der Waals surface area contributed by atoms with Crippen LogP contribution in [0, 0.1) is 6.92 Å². The number of benzene rings is 3. The van der Waals surface area contributed by atoms with E-state index in [1.807, 2.05) is 67.6 Å². The van der Waals surface area contributed by atoms with Crippen molar-refractivity contribution in [3.05, 3.63) is 99.7 Å². The Balaban J connectivity index is 1.54. The van der Waals surface area contributed by atoms with E-state index in [4.69, 9.17) is 4.74 Å². The van der Waals surface area contributed by atoms with Crippen LogP contribution in [-0.2, 0) is 16.1 Å². The molecule has 0 unspecified atom stereocenters. The second-order valence-electron chi connectivity index (χ2n) is 7.29. The number of fused-ring (bicyclic) bond motifs is 1. The first-order valence-corrected chi connectivity index (χ1v) is 10.7. The molecule has 6 heteroatoms. The first kappa shape index (κ1) is 20.9.